The molecule has 3 saturated heterocycles. The van der Waals surface area contributed by atoms with Crippen molar-refractivity contribution in [2.45, 2.75) is 56.7 Å². The van der Waals surface area contributed by atoms with Gasteiger partial charge in [0.25, 0.3) is 0 Å². The van der Waals surface area contributed by atoms with Crippen molar-refractivity contribution in [3.63, 3.8) is 0 Å². The fourth-order valence-electron chi connectivity index (χ4n) is 7.71. The molecule has 8 rings (SSSR count). The maximum Gasteiger partial charge on any atom is 0.164 e. The Bertz CT molecular complexity index is 1530. The van der Waals surface area contributed by atoms with E-state index in [1.807, 2.05) is 54.6 Å². The quantitative estimate of drug-likeness (QED) is 0.347. The summed E-state index contributed by atoms with van der Waals surface area (Å²) in [5.74, 6) is 2.07. The Labute approximate surface area is 247 Å². The number of nitrogens with zero attached hydrogens (tertiary/aromatic N) is 6. The molecule has 218 valence electrons. The molecule has 4 fully saturated rings. The zero-order valence-corrected chi connectivity index (χ0v) is 24.2. The normalized spacial score (nSPS) is 24.9. The fourth-order valence-corrected chi connectivity index (χ4v) is 7.71. The van der Waals surface area contributed by atoms with Crippen LogP contribution in [0.2, 0.25) is 0 Å². The van der Waals surface area contributed by atoms with E-state index < -0.39 is 0 Å². The van der Waals surface area contributed by atoms with Crippen LogP contribution in [-0.2, 0) is 0 Å². The average Bonchev–Trinajstić information content (AvgIpc) is 3.38. The second kappa shape index (κ2) is 10.6. The van der Waals surface area contributed by atoms with Gasteiger partial charge in [-0.25, -0.2) is 14.6 Å². The number of nitrogens with one attached hydrogen (secondary N) is 1. The number of hydrogen-bond donors (Lipinski definition) is 2. The number of aromatic nitrogens is 4. The molecule has 0 radical (unpaired) electrons. The number of nitrogen functional groups attached to an aromatic ring is 1. The smallest absolute Gasteiger partial charge is 0.164 e. The molecule has 4 aromatic rings. The second-order valence-electron chi connectivity index (χ2n) is 12.9. The molecular formula is C33H40N8O. The number of ether oxygens (including phenoxy) is 1. The molecule has 0 bridgehead atoms. The standard InChI is InChI=1S/C33H40N8O/c34-31-29-30(23-6-12-28(13-7-23)42-27-4-2-1-3-5-27)38-41(32(29)37-22-36-31)25-10-8-24(9-11-25)39-16-14-33(15-17-39)20-40(21-33)26-18-35-19-26/h1-7,12-13,22,24-26,35H,8-11,14-21H2,(H2,34,36,37). The van der Waals surface area contributed by atoms with Crippen LogP contribution in [0.1, 0.15) is 44.6 Å². The maximum atomic E-state index is 6.42. The van der Waals surface area contributed by atoms with E-state index >= 15 is 0 Å². The topological polar surface area (TPSA) is 97.4 Å². The van der Waals surface area contributed by atoms with Crippen molar-refractivity contribution >= 4 is 16.9 Å². The predicted octanol–water partition coefficient (Wildman–Crippen LogP) is 4.72. The lowest BCUT2D eigenvalue weighted by Crippen LogP contribution is -2.69. The lowest BCUT2D eigenvalue weighted by molar-refractivity contribution is -0.0858. The summed E-state index contributed by atoms with van der Waals surface area (Å²) in [7, 11) is 0. The Balaban J connectivity index is 0.942. The van der Waals surface area contributed by atoms with Gasteiger partial charge in [-0.1, -0.05) is 18.2 Å². The van der Waals surface area contributed by atoms with Crippen molar-refractivity contribution < 1.29 is 4.74 Å². The Morgan fingerprint density at radius 2 is 1.48 bits per heavy atom. The molecule has 0 amide bonds. The molecule has 42 heavy (non-hydrogen) atoms. The third-order valence-corrected chi connectivity index (χ3v) is 10.4. The van der Waals surface area contributed by atoms with Gasteiger partial charge in [-0.3, -0.25) is 4.90 Å². The minimum absolute atomic E-state index is 0.319. The van der Waals surface area contributed by atoms with Crippen molar-refractivity contribution in [2.75, 3.05) is 45.0 Å². The van der Waals surface area contributed by atoms with Crippen LogP contribution in [0.3, 0.4) is 0 Å². The number of likely N-dealkylation sites (tertiary alicyclic amines) is 2. The third kappa shape index (κ3) is 4.73. The number of anilines is 1. The van der Waals surface area contributed by atoms with E-state index in [-0.39, 0.29) is 0 Å². The third-order valence-electron chi connectivity index (χ3n) is 10.4. The van der Waals surface area contributed by atoms with Gasteiger partial charge >= 0.3 is 0 Å². The molecule has 2 aromatic heterocycles. The van der Waals surface area contributed by atoms with Crippen LogP contribution in [0.5, 0.6) is 11.5 Å². The second-order valence-corrected chi connectivity index (χ2v) is 12.9. The largest absolute Gasteiger partial charge is 0.457 e. The van der Waals surface area contributed by atoms with Crippen molar-refractivity contribution in [1.82, 2.24) is 34.9 Å². The average molecular weight is 565 g/mol. The van der Waals surface area contributed by atoms with Gasteiger partial charge in [0, 0.05) is 43.8 Å². The Morgan fingerprint density at radius 3 is 2.17 bits per heavy atom. The van der Waals surface area contributed by atoms with Crippen molar-refractivity contribution in [2.24, 2.45) is 5.41 Å². The van der Waals surface area contributed by atoms with Crippen LogP contribution >= 0.6 is 0 Å². The van der Waals surface area contributed by atoms with Crippen molar-refractivity contribution in [3.05, 3.63) is 60.9 Å². The van der Waals surface area contributed by atoms with Gasteiger partial charge in [-0.05, 0) is 93.4 Å². The van der Waals surface area contributed by atoms with E-state index in [1.54, 1.807) is 6.33 Å². The summed E-state index contributed by atoms with van der Waals surface area (Å²) in [6.07, 6.45) is 8.93. The highest BCUT2D eigenvalue weighted by molar-refractivity contribution is 5.98. The van der Waals surface area contributed by atoms with Crippen molar-refractivity contribution in [3.8, 4) is 22.8 Å². The van der Waals surface area contributed by atoms with Crippen molar-refractivity contribution in [1.29, 1.82) is 0 Å². The van der Waals surface area contributed by atoms with Gasteiger partial charge in [-0.15, -0.1) is 0 Å². The van der Waals surface area contributed by atoms with Crippen LogP contribution < -0.4 is 15.8 Å². The molecule has 1 spiro atoms. The minimum atomic E-state index is 0.319. The number of fused-ring (bicyclic) bond motifs is 1. The molecule has 4 aliphatic rings. The Hall–Kier alpha value is -3.53. The lowest BCUT2D eigenvalue weighted by atomic mass is 9.70. The van der Waals surface area contributed by atoms with E-state index in [2.05, 4.69) is 29.8 Å². The molecule has 0 atom stereocenters. The van der Waals surface area contributed by atoms with Crippen LogP contribution in [0.15, 0.2) is 60.9 Å². The number of para-hydroxylation sites is 1. The first-order valence-electron chi connectivity index (χ1n) is 15.7. The lowest BCUT2D eigenvalue weighted by Gasteiger charge is -2.58. The molecule has 5 heterocycles. The van der Waals surface area contributed by atoms with Gasteiger partial charge in [-0.2, -0.15) is 5.10 Å². The summed E-state index contributed by atoms with van der Waals surface area (Å²) in [5.41, 5.74) is 9.68. The van der Waals surface area contributed by atoms with Crippen LogP contribution in [0.25, 0.3) is 22.3 Å². The number of benzene rings is 2. The van der Waals surface area contributed by atoms with E-state index in [1.165, 1.54) is 65.0 Å². The minimum Gasteiger partial charge on any atom is -0.457 e. The molecule has 0 unspecified atom stereocenters. The Kier molecular flexibility index (Phi) is 6.61. The molecule has 1 saturated carbocycles. The zero-order valence-electron chi connectivity index (χ0n) is 24.2. The zero-order chi connectivity index (χ0) is 28.1. The Morgan fingerprint density at radius 1 is 0.786 bits per heavy atom. The van der Waals surface area contributed by atoms with E-state index in [0.717, 1.165) is 52.7 Å². The number of piperidine rings is 1. The van der Waals surface area contributed by atoms with Gasteiger partial charge in [0.2, 0.25) is 0 Å². The first-order valence-corrected chi connectivity index (χ1v) is 15.7. The fraction of sp³-hybridized carbons (Fsp3) is 0.485. The van der Waals surface area contributed by atoms with Crippen LogP contribution in [-0.4, -0.2) is 80.9 Å². The van der Waals surface area contributed by atoms with E-state index in [9.17, 15) is 0 Å². The molecule has 1 aliphatic carbocycles. The number of hydrogen-bond acceptors (Lipinski definition) is 8. The summed E-state index contributed by atoms with van der Waals surface area (Å²) in [5, 5.41) is 9.40. The highest BCUT2D eigenvalue weighted by Crippen LogP contribution is 2.44. The maximum absolute atomic E-state index is 6.42. The van der Waals surface area contributed by atoms with Crippen LogP contribution in [0.4, 0.5) is 5.82 Å². The van der Waals surface area contributed by atoms with Gasteiger partial charge < -0.3 is 20.7 Å². The summed E-state index contributed by atoms with van der Waals surface area (Å²) in [4.78, 5) is 14.5. The first kappa shape index (κ1) is 26.1. The van der Waals surface area contributed by atoms with E-state index in [0.29, 0.717) is 23.3 Å². The summed E-state index contributed by atoms with van der Waals surface area (Å²) in [6.45, 7) is 7.54. The number of nitrogens with two attached hydrogens (primary N) is 1. The molecule has 3 N–H and O–H groups in total. The van der Waals surface area contributed by atoms with Gasteiger partial charge in [0.05, 0.1) is 11.4 Å². The highest BCUT2D eigenvalue weighted by atomic mass is 16.5. The molecule has 3 aliphatic heterocycles. The van der Waals surface area contributed by atoms with E-state index in [4.69, 9.17) is 15.6 Å². The summed E-state index contributed by atoms with van der Waals surface area (Å²) in [6, 6.07) is 19.7. The molecular weight excluding hydrogens is 524 g/mol. The number of rotatable bonds is 6. The van der Waals surface area contributed by atoms with Gasteiger partial charge in [0.1, 0.15) is 29.3 Å². The molecule has 2 aromatic carbocycles. The molecule has 9 heteroatoms. The van der Waals surface area contributed by atoms with Gasteiger partial charge in [0.15, 0.2) is 5.65 Å². The predicted molar refractivity (Wildman–Crippen MR) is 164 cm³/mol. The molecule has 9 nitrogen and oxygen atoms in total. The highest BCUT2D eigenvalue weighted by Gasteiger charge is 2.48. The first-order chi connectivity index (χ1) is 20.6. The van der Waals surface area contributed by atoms with Crippen LogP contribution in [0, 0.1) is 5.41 Å². The SMILES string of the molecule is Nc1ncnc2c1c(-c1ccc(Oc3ccccc3)cc1)nn2C1CCC(N2CCC3(CC2)CN(C2CNC2)C3)CC1. The summed E-state index contributed by atoms with van der Waals surface area (Å²) < 4.78 is 8.14. The monoisotopic (exact) mass is 564 g/mol. The summed E-state index contributed by atoms with van der Waals surface area (Å²) >= 11 is 0.